The van der Waals surface area contributed by atoms with Crippen molar-refractivity contribution >= 4 is 23.2 Å². The molecular formula is C17H19ClN2O. The third-order valence-corrected chi connectivity index (χ3v) is 3.53. The highest BCUT2D eigenvalue weighted by molar-refractivity contribution is 6.30. The van der Waals surface area contributed by atoms with Crippen LogP contribution in [0.25, 0.3) is 0 Å². The van der Waals surface area contributed by atoms with Crippen molar-refractivity contribution in [3.05, 3.63) is 64.7 Å². The van der Waals surface area contributed by atoms with E-state index >= 15 is 0 Å². The van der Waals surface area contributed by atoms with Crippen LogP contribution in [0.4, 0.5) is 5.69 Å². The zero-order chi connectivity index (χ0) is 15.2. The summed E-state index contributed by atoms with van der Waals surface area (Å²) in [5.41, 5.74) is 3.08. The van der Waals surface area contributed by atoms with Crippen molar-refractivity contribution in [2.75, 3.05) is 11.9 Å². The first-order valence-corrected chi connectivity index (χ1v) is 7.28. The standard InChI is InChI=1S/C17H19ClN2O/c1-12-3-9-16(10-4-12)20-17(21)11-19-13(2)14-5-7-15(18)8-6-14/h3-10,13,19H,11H2,1-2H3,(H,20,21)/t13-/m1/s1. The quantitative estimate of drug-likeness (QED) is 0.878. The number of halogens is 1. The Labute approximate surface area is 130 Å². The van der Waals surface area contributed by atoms with Crippen LogP contribution in [0, 0.1) is 6.92 Å². The average molecular weight is 303 g/mol. The molecular weight excluding hydrogens is 284 g/mol. The smallest absolute Gasteiger partial charge is 0.238 e. The molecule has 0 spiro atoms. The van der Waals surface area contributed by atoms with Crippen LogP contribution in [-0.4, -0.2) is 12.5 Å². The molecule has 2 rings (SSSR count). The third-order valence-electron chi connectivity index (χ3n) is 3.27. The van der Waals surface area contributed by atoms with Gasteiger partial charge in [-0.05, 0) is 43.7 Å². The van der Waals surface area contributed by atoms with Crippen LogP contribution < -0.4 is 10.6 Å². The average Bonchev–Trinajstić information content (AvgIpc) is 2.48. The summed E-state index contributed by atoms with van der Waals surface area (Å²) >= 11 is 5.86. The van der Waals surface area contributed by atoms with Gasteiger partial charge in [0.25, 0.3) is 0 Å². The van der Waals surface area contributed by atoms with Gasteiger partial charge in [0, 0.05) is 16.8 Å². The maximum absolute atomic E-state index is 11.9. The molecule has 0 aliphatic carbocycles. The molecule has 1 amide bonds. The first-order valence-electron chi connectivity index (χ1n) is 6.90. The molecule has 2 aromatic carbocycles. The van der Waals surface area contributed by atoms with Crippen molar-refractivity contribution in [2.24, 2.45) is 0 Å². The maximum Gasteiger partial charge on any atom is 0.238 e. The number of hydrogen-bond acceptors (Lipinski definition) is 2. The molecule has 0 saturated heterocycles. The summed E-state index contributed by atoms with van der Waals surface area (Å²) in [5, 5.41) is 6.77. The van der Waals surface area contributed by atoms with Gasteiger partial charge >= 0.3 is 0 Å². The monoisotopic (exact) mass is 302 g/mol. The van der Waals surface area contributed by atoms with E-state index in [1.807, 2.05) is 62.4 Å². The summed E-state index contributed by atoms with van der Waals surface area (Å²) in [4.78, 5) is 11.9. The van der Waals surface area contributed by atoms with Gasteiger partial charge < -0.3 is 10.6 Å². The van der Waals surface area contributed by atoms with Crippen LogP contribution in [0.2, 0.25) is 5.02 Å². The van der Waals surface area contributed by atoms with E-state index in [9.17, 15) is 4.79 Å². The second kappa shape index (κ2) is 7.25. The molecule has 3 nitrogen and oxygen atoms in total. The summed E-state index contributed by atoms with van der Waals surface area (Å²) in [7, 11) is 0. The Morgan fingerprint density at radius 2 is 1.71 bits per heavy atom. The Hall–Kier alpha value is -1.84. The van der Waals surface area contributed by atoms with Crippen molar-refractivity contribution in [1.82, 2.24) is 5.32 Å². The molecule has 4 heteroatoms. The molecule has 2 N–H and O–H groups in total. The van der Waals surface area contributed by atoms with E-state index in [1.165, 1.54) is 5.56 Å². The minimum absolute atomic E-state index is 0.0559. The number of carbonyl (C=O) groups is 1. The highest BCUT2D eigenvalue weighted by atomic mass is 35.5. The van der Waals surface area contributed by atoms with Crippen LogP contribution in [-0.2, 0) is 4.79 Å². The highest BCUT2D eigenvalue weighted by Crippen LogP contribution is 2.15. The van der Waals surface area contributed by atoms with Gasteiger partial charge in [-0.15, -0.1) is 0 Å². The van der Waals surface area contributed by atoms with Crippen LogP contribution in [0.1, 0.15) is 24.1 Å². The fourth-order valence-corrected chi connectivity index (χ4v) is 2.08. The third kappa shape index (κ3) is 4.88. The molecule has 0 aromatic heterocycles. The van der Waals surface area contributed by atoms with E-state index in [0.29, 0.717) is 5.02 Å². The number of hydrogen-bond donors (Lipinski definition) is 2. The first-order chi connectivity index (χ1) is 10.0. The van der Waals surface area contributed by atoms with Gasteiger partial charge in [0.1, 0.15) is 0 Å². The lowest BCUT2D eigenvalue weighted by Crippen LogP contribution is -2.30. The normalized spacial score (nSPS) is 12.0. The Morgan fingerprint density at radius 1 is 1.10 bits per heavy atom. The van der Waals surface area contributed by atoms with Crippen LogP contribution in [0.5, 0.6) is 0 Å². The molecule has 1 atom stereocenters. The highest BCUT2D eigenvalue weighted by Gasteiger charge is 2.08. The van der Waals surface area contributed by atoms with Crippen molar-refractivity contribution in [3.63, 3.8) is 0 Å². The summed E-state index contributed by atoms with van der Waals surface area (Å²) in [6, 6.07) is 15.4. The number of rotatable bonds is 5. The zero-order valence-electron chi connectivity index (χ0n) is 12.2. The molecule has 0 bridgehead atoms. The van der Waals surface area contributed by atoms with Gasteiger partial charge in [0.2, 0.25) is 5.91 Å². The van der Waals surface area contributed by atoms with E-state index in [4.69, 9.17) is 11.6 Å². The minimum Gasteiger partial charge on any atom is -0.325 e. The minimum atomic E-state index is -0.0559. The van der Waals surface area contributed by atoms with Gasteiger partial charge in [-0.2, -0.15) is 0 Å². The lowest BCUT2D eigenvalue weighted by Gasteiger charge is -2.14. The van der Waals surface area contributed by atoms with Gasteiger partial charge in [0.05, 0.1) is 6.54 Å². The summed E-state index contributed by atoms with van der Waals surface area (Å²) < 4.78 is 0. The Kier molecular flexibility index (Phi) is 5.37. The number of aryl methyl sites for hydroxylation is 1. The van der Waals surface area contributed by atoms with E-state index < -0.39 is 0 Å². The molecule has 0 radical (unpaired) electrons. The fraction of sp³-hybridized carbons (Fsp3) is 0.235. The van der Waals surface area contributed by atoms with E-state index in [2.05, 4.69) is 10.6 Å². The molecule has 21 heavy (non-hydrogen) atoms. The molecule has 0 heterocycles. The second-order valence-corrected chi connectivity index (χ2v) is 5.50. The zero-order valence-corrected chi connectivity index (χ0v) is 12.9. The van der Waals surface area contributed by atoms with Crippen LogP contribution in [0.15, 0.2) is 48.5 Å². The molecule has 0 fully saturated rings. The van der Waals surface area contributed by atoms with Gasteiger partial charge in [-0.25, -0.2) is 0 Å². The summed E-state index contributed by atoms with van der Waals surface area (Å²) in [5.74, 6) is -0.0559. The number of carbonyl (C=O) groups excluding carboxylic acids is 1. The molecule has 0 aliphatic heterocycles. The Morgan fingerprint density at radius 3 is 2.33 bits per heavy atom. The molecule has 0 unspecified atom stereocenters. The Balaban J connectivity index is 1.83. The SMILES string of the molecule is Cc1ccc(NC(=O)CN[C@H](C)c2ccc(Cl)cc2)cc1. The fourth-order valence-electron chi connectivity index (χ4n) is 1.96. The number of amides is 1. The largest absolute Gasteiger partial charge is 0.325 e. The topological polar surface area (TPSA) is 41.1 Å². The van der Waals surface area contributed by atoms with Gasteiger partial charge in [0.15, 0.2) is 0 Å². The van der Waals surface area contributed by atoms with Gasteiger partial charge in [-0.1, -0.05) is 41.4 Å². The van der Waals surface area contributed by atoms with Crippen molar-refractivity contribution < 1.29 is 4.79 Å². The molecule has 2 aromatic rings. The second-order valence-electron chi connectivity index (χ2n) is 5.07. The molecule has 0 aliphatic rings. The predicted octanol–water partition coefficient (Wildman–Crippen LogP) is 3.94. The lowest BCUT2D eigenvalue weighted by molar-refractivity contribution is -0.115. The number of anilines is 1. The van der Waals surface area contributed by atoms with Crippen molar-refractivity contribution in [2.45, 2.75) is 19.9 Å². The van der Waals surface area contributed by atoms with Crippen LogP contribution >= 0.6 is 11.6 Å². The number of benzene rings is 2. The Bertz CT molecular complexity index is 593. The van der Waals surface area contributed by atoms with Crippen LogP contribution in [0.3, 0.4) is 0 Å². The predicted molar refractivity (Wildman–Crippen MR) is 87.7 cm³/mol. The van der Waals surface area contributed by atoms with E-state index in [-0.39, 0.29) is 18.5 Å². The van der Waals surface area contributed by atoms with E-state index in [1.54, 1.807) is 0 Å². The van der Waals surface area contributed by atoms with Crippen molar-refractivity contribution in [1.29, 1.82) is 0 Å². The lowest BCUT2D eigenvalue weighted by atomic mass is 10.1. The maximum atomic E-state index is 11.9. The molecule has 0 saturated carbocycles. The molecule has 110 valence electrons. The summed E-state index contributed by atoms with van der Waals surface area (Å²) in [6.07, 6.45) is 0. The summed E-state index contributed by atoms with van der Waals surface area (Å²) in [6.45, 7) is 4.29. The number of nitrogens with one attached hydrogen (secondary N) is 2. The first kappa shape index (κ1) is 15.5. The van der Waals surface area contributed by atoms with Gasteiger partial charge in [-0.3, -0.25) is 4.79 Å². The van der Waals surface area contributed by atoms with E-state index in [0.717, 1.165) is 11.3 Å². The van der Waals surface area contributed by atoms with Crippen molar-refractivity contribution in [3.8, 4) is 0 Å².